The number of pyridine rings is 1. The molecule has 0 aliphatic carbocycles. The van der Waals surface area contributed by atoms with Crippen LogP contribution in [0, 0.1) is 6.92 Å². The molecule has 2 aromatic heterocycles. The van der Waals surface area contributed by atoms with Crippen molar-refractivity contribution in [1.82, 2.24) is 20.2 Å². The first kappa shape index (κ1) is 27.5. The number of rotatable bonds is 10. The number of nitrogens with zero attached hydrogens (tertiary/aromatic N) is 3. The summed E-state index contributed by atoms with van der Waals surface area (Å²) >= 11 is 1.12. The van der Waals surface area contributed by atoms with Crippen molar-refractivity contribution in [3.05, 3.63) is 47.2 Å². The van der Waals surface area contributed by atoms with E-state index in [0.717, 1.165) is 32.9 Å². The molecule has 0 radical (unpaired) electrons. The summed E-state index contributed by atoms with van der Waals surface area (Å²) in [4.78, 5) is 23.9. The van der Waals surface area contributed by atoms with Crippen molar-refractivity contribution in [3.63, 3.8) is 0 Å². The average molecular weight is 568 g/mol. The topological polar surface area (TPSA) is 162 Å². The van der Waals surface area contributed by atoms with E-state index in [0.29, 0.717) is 31.8 Å². The maximum Gasteiger partial charge on any atom is 0.245 e. The van der Waals surface area contributed by atoms with Crippen LogP contribution in [0.4, 0.5) is 0 Å². The van der Waals surface area contributed by atoms with Gasteiger partial charge in [-0.05, 0) is 30.7 Å². The zero-order valence-electron chi connectivity index (χ0n) is 20.3. The number of nitrogens with two attached hydrogens (primary N) is 1. The Morgan fingerprint density at radius 3 is 2.54 bits per heavy atom. The van der Waals surface area contributed by atoms with Crippen LogP contribution in [0.1, 0.15) is 16.0 Å². The van der Waals surface area contributed by atoms with Gasteiger partial charge in [0.1, 0.15) is 5.01 Å². The van der Waals surface area contributed by atoms with Crippen LogP contribution in [0.2, 0.25) is 0 Å². The van der Waals surface area contributed by atoms with Crippen molar-refractivity contribution in [2.75, 3.05) is 50.9 Å². The number of sulfone groups is 1. The largest absolute Gasteiger partial charge is 0.379 e. The molecule has 0 saturated carbocycles. The van der Waals surface area contributed by atoms with E-state index < -0.39 is 36.8 Å². The molecule has 14 heteroatoms. The Balaban J connectivity index is 1.63. The number of thiazole rings is 1. The second kappa shape index (κ2) is 11.5. The third-order valence-electron chi connectivity index (χ3n) is 5.95. The van der Waals surface area contributed by atoms with E-state index >= 15 is 0 Å². The van der Waals surface area contributed by atoms with Crippen LogP contribution in [0.3, 0.4) is 0 Å². The smallest absolute Gasteiger partial charge is 0.245 e. The van der Waals surface area contributed by atoms with E-state index in [1.165, 1.54) is 0 Å². The third-order valence-corrected chi connectivity index (χ3v) is 9.87. The van der Waals surface area contributed by atoms with Gasteiger partial charge in [-0.1, -0.05) is 12.1 Å². The van der Waals surface area contributed by atoms with E-state index in [9.17, 15) is 21.6 Å². The fourth-order valence-electron chi connectivity index (χ4n) is 3.91. The number of nitrogens with one attached hydrogen (secondary N) is 1. The number of fused-ring (bicyclic) bond motifs is 1. The summed E-state index contributed by atoms with van der Waals surface area (Å²) in [7, 11) is -7.82. The number of hydrogen-bond acceptors (Lipinski definition) is 10. The van der Waals surface area contributed by atoms with Gasteiger partial charge < -0.3 is 10.1 Å². The van der Waals surface area contributed by atoms with Crippen molar-refractivity contribution in [1.29, 1.82) is 0 Å². The molecule has 1 unspecified atom stereocenters. The van der Waals surface area contributed by atoms with Crippen molar-refractivity contribution < 1.29 is 26.4 Å². The minimum Gasteiger partial charge on any atom is -0.379 e. The molecule has 1 aliphatic rings. The molecule has 1 saturated heterocycles. The van der Waals surface area contributed by atoms with Gasteiger partial charge in [-0.25, -0.2) is 27.0 Å². The Morgan fingerprint density at radius 1 is 1.14 bits per heavy atom. The van der Waals surface area contributed by atoms with E-state index in [1.54, 1.807) is 12.3 Å². The van der Waals surface area contributed by atoms with Crippen LogP contribution < -0.4 is 10.5 Å². The van der Waals surface area contributed by atoms with Crippen LogP contribution in [-0.4, -0.2) is 88.5 Å². The fourth-order valence-corrected chi connectivity index (χ4v) is 7.39. The summed E-state index contributed by atoms with van der Waals surface area (Å²) in [5, 5.41) is 5.99. The summed E-state index contributed by atoms with van der Waals surface area (Å²) in [5.74, 6) is -1.59. The summed E-state index contributed by atoms with van der Waals surface area (Å²) in [6.07, 6.45) is 1.76. The second-order valence-corrected chi connectivity index (χ2v) is 13.8. The van der Waals surface area contributed by atoms with E-state index in [4.69, 9.17) is 9.88 Å². The van der Waals surface area contributed by atoms with Gasteiger partial charge in [0.15, 0.2) is 15.1 Å². The van der Waals surface area contributed by atoms with E-state index in [1.807, 2.05) is 36.1 Å². The first-order valence-corrected chi connectivity index (χ1v) is 15.9. The van der Waals surface area contributed by atoms with Crippen LogP contribution in [-0.2, 0) is 29.4 Å². The average Bonchev–Trinajstić information content (AvgIpc) is 3.25. The summed E-state index contributed by atoms with van der Waals surface area (Å²) in [6.45, 7) is 4.11. The molecule has 1 aliphatic heterocycles. The molecule has 3 heterocycles. The van der Waals surface area contributed by atoms with Crippen molar-refractivity contribution in [2.24, 2.45) is 5.14 Å². The quantitative estimate of drug-likeness (QED) is 0.362. The molecule has 37 heavy (non-hydrogen) atoms. The minimum absolute atomic E-state index is 0.129. The number of morpholine rings is 1. The molecule has 3 N–H and O–H groups in total. The molecule has 11 nitrogen and oxygen atoms in total. The lowest BCUT2D eigenvalue weighted by atomic mass is 10.1. The van der Waals surface area contributed by atoms with Crippen LogP contribution in [0.5, 0.6) is 0 Å². The second-order valence-electron chi connectivity index (χ2n) is 8.78. The highest BCUT2D eigenvalue weighted by molar-refractivity contribution is 7.92. The molecule has 0 bridgehead atoms. The molecule has 200 valence electrons. The Hall–Kier alpha value is -2.49. The number of aromatic nitrogens is 2. The van der Waals surface area contributed by atoms with Gasteiger partial charge >= 0.3 is 0 Å². The summed E-state index contributed by atoms with van der Waals surface area (Å²) in [6, 6.07) is 9.39. The molecule has 4 rings (SSSR count). The van der Waals surface area contributed by atoms with Gasteiger partial charge in [0.05, 0.1) is 34.9 Å². The normalized spacial score (nSPS) is 16.1. The Morgan fingerprint density at radius 2 is 1.86 bits per heavy atom. The number of ether oxygens (including phenoxy) is 1. The van der Waals surface area contributed by atoms with Crippen LogP contribution in [0.15, 0.2) is 36.5 Å². The van der Waals surface area contributed by atoms with E-state index in [2.05, 4.69) is 15.3 Å². The Kier molecular flexibility index (Phi) is 8.56. The number of benzene rings is 1. The molecule has 1 fully saturated rings. The molecule has 1 atom stereocenters. The Labute approximate surface area is 220 Å². The molecular weight excluding hydrogens is 538 g/mol. The van der Waals surface area contributed by atoms with Gasteiger partial charge in [-0.15, -0.1) is 11.3 Å². The van der Waals surface area contributed by atoms with Gasteiger partial charge in [0.25, 0.3) is 0 Å². The zero-order valence-corrected chi connectivity index (χ0v) is 22.7. The predicted molar refractivity (Wildman–Crippen MR) is 142 cm³/mol. The van der Waals surface area contributed by atoms with E-state index in [-0.39, 0.29) is 23.8 Å². The van der Waals surface area contributed by atoms with Crippen LogP contribution in [0.25, 0.3) is 21.3 Å². The molecule has 1 amide bonds. The van der Waals surface area contributed by atoms with Gasteiger partial charge in [0.2, 0.25) is 15.9 Å². The first-order chi connectivity index (χ1) is 17.5. The lowest BCUT2D eigenvalue weighted by Crippen LogP contribution is -2.42. The molecule has 1 aromatic carbocycles. The van der Waals surface area contributed by atoms with Crippen molar-refractivity contribution in [3.8, 4) is 11.1 Å². The van der Waals surface area contributed by atoms with Gasteiger partial charge in [0, 0.05) is 43.6 Å². The lowest BCUT2D eigenvalue weighted by Gasteiger charge is -2.27. The molecular formula is C23H29N5O6S3. The van der Waals surface area contributed by atoms with Crippen molar-refractivity contribution in [2.45, 2.75) is 12.2 Å². The van der Waals surface area contributed by atoms with Crippen LogP contribution >= 0.6 is 11.3 Å². The highest BCUT2D eigenvalue weighted by Gasteiger charge is 2.37. The molecule has 3 aromatic rings. The maximum absolute atomic E-state index is 13.5. The minimum atomic E-state index is -3.99. The SMILES string of the molecule is Cc1ccc(-c2ccc3nc(C(C(=O)NCCS(N)(=O)=O)S(=O)(=O)CCN4CCOCC4)sc3c2)cn1. The predicted octanol–water partition coefficient (Wildman–Crippen LogP) is 0.860. The van der Waals surface area contributed by atoms with Gasteiger partial charge in [-0.2, -0.15) is 0 Å². The lowest BCUT2D eigenvalue weighted by molar-refractivity contribution is -0.120. The zero-order chi connectivity index (χ0) is 26.6. The highest BCUT2D eigenvalue weighted by atomic mass is 32.2. The number of primary sulfonamides is 1. The summed E-state index contributed by atoms with van der Waals surface area (Å²) in [5.41, 5.74) is 3.25. The number of hydrogen-bond donors (Lipinski definition) is 2. The molecule has 0 spiro atoms. The Bertz CT molecular complexity index is 1470. The number of carbonyl (C=O) groups is 1. The maximum atomic E-state index is 13.5. The summed E-state index contributed by atoms with van der Waals surface area (Å²) < 4.78 is 55.6. The number of carbonyl (C=O) groups excluding carboxylic acids is 1. The monoisotopic (exact) mass is 567 g/mol. The fraction of sp³-hybridized carbons (Fsp3) is 0.435. The number of aryl methyl sites for hydroxylation is 1. The third kappa shape index (κ3) is 7.30. The highest BCUT2D eigenvalue weighted by Crippen LogP contribution is 2.34. The van der Waals surface area contributed by atoms with Gasteiger partial charge in [-0.3, -0.25) is 14.7 Å². The number of sulfonamides is 1. The first-order valence-electron chi connectivity index (χ1n) is 11.7. The number of amides is 1. The standard InChI is InChI=1S/C23H29N5O6S3/c1-16-2-3-18(15-26-16)17-4-5-19-20(14-17)35-23(27-19)21(22(29)25-6-12-37(24,32)33)36(30,31)13-9-28-7-10-34-11-8-28/h2-5,14-15,21H,6-13H2,1H3,(H,25,29)(H2,24,32,33). The van der Waals surface area contributed by atoms with Crippen molar-refractivity contribution >= 4 is 47.3 Å².